The number of unbranched alkanes of at least 4 members (excludes halogenated alkanes) is 1. The molecule has 1 heterocycles. The molecule has 0 saturated carbocycles. The first-order valence-corrected chi connectivity index (χ1v) is 10.3. The maximum Gasteiger partial charge on any atom is 0.319 e. The second kappa shape index (κ2) is 9.60. The van der Waals surface area contributed by atoms with E-state index in [0.717, 1.165) is 28.6 Å². The van der Waals surface area contributed by atoms with E-state index >= 15 is 0 Å². The summed E-state index contributed by atoms with van der Waals surface area (Å²) < 4.78 is 6.63. The van der Waals surface area contributed by atoms with Crippen molar-refractivity contribution >= 4 is 33.6 Å². The Labute approximate surface area is 178 Å². The molecule has 2 aromatic rings. The van der Waals surface area contributed by atoms with Crippen LogP contribution in [0, 0.1) is 0 Å². The normalized spacial score (nSPS) is 16.1. The van der Waals surface area contributed by atoms with E-state index in [1.807, 2.05) is 48.5 Å². The minimum Gasteiger partial charge on any atom is -0.494 e. The number of anilines is 1. The molecule has 1 atom stereocenters. The van der Waals surface area contributed by atoms with Gasteiger partial charge < -0.3 is 20.7 Å². The molecule has 29 heavy (non-hydrogen) atoms. The van der Waals surface area contributed by atoms with Crippen LogP contribution in [-0.4, -0.2) is 18.5 Å². The summed E-state index contributed by atoms with van der Waals surface area (Å²) in [5, 5.41) is 8.43. The molecule has 3 N–H and O–H groups in total. The number of allylic oxidation sites excluding steroid dienone is 1. The van der Waals surface area contributed by atoms with Gasteiger partial charge in [0.1, 0.15) is 5.75 Å². The van der Waals surface area contributed by atoms with Crippen LogP contribution in [0.1, 0.15) is 38.3 Å². The zero-order valence-corrected chi connectivity index (χ0v) is 18.0. The number of carbonyl (C=O) groups excluding carboxylic acids is 2. The quantitative estimate of drug-likeness (QED) is 0.517. The SMILES string of the molecule is CCCCOc1ccc([C@@H]2NC(=O)NC(C)=C2C(=O)Nc2ccc(Br)cc2)cc1. The number of rotatable bonds is 7. The molecular weight excluding hydrogens is 434 g/mol. The number of amides is 3. The average Bonchev–Trinajstić information content (AvgIpc) is 2.70. The van der Waals surface area contributed by atoms with Gasteiger partial charge in [-0.15, -0.1) is 0 Å². The standard InChI is InChI=1S/C22H24BrN3O3/c1-3-4-13-29-18-11-5-15(6-12-18)20-19(14(2)24-22(28)26-20)21(27)25-17-9-7-16(23)8-10-17/h5-12,20H,3-4,13H2,1-2H3,(H,25,27)(H2,24,26,28)/t20-/m0/s1. The number of urea groups is 1. The number of ether oxygens (including phenoxy) is 1. The molecule has 0 bridgehead atoms. The lowest BCUT2D eigenvalue weighted by molar-refractivity contribution is -0.113. The highest BCUT2D eigenvalue weighted by Gasteiger charge is 2.31. The van der Waals surface area contributed by atoms with Crippen LogP contribution in [-0.2, 0) is 4.79 Å². The third-order valence-corrected chi connectivity index (χ3v) is 5.12. The summed E-state index contributed by atoms with van der Waals surface area (Å²) >= 11 is 3.38. The number of nitrogens with one attached hydrogen (secondary N) is 3. The molecule has 0 radical (unpaired) electrons. The van der Waals surface area contributed by atoms with E-state index < -0.39 is 6.04 Å². The molecule has 0 aliphatic carbocycles. The molecule has 1 aliphatic rings. The highest BCUT2D eigenvalue weighted by Crippen LogP contribution is 2.29. The fourth-order valence-corrected chi connectivity index (χ4v) is 3.33. The fourth-order valence-electron chi connectivity index (χ4n) is 3.07. The Hall–Kier alpha value is -2.80. The Morgan fingerprint density at radius 3 is 2.48 bits per heavy atom. The van der Waals surface area contributed by atoms with E-state index in [9.17, 15) is 9.59 Å². The Kier molecular flexibility index (Phi) is 6.93. The maximum atomic E-state index is 13.0. The highest BCUT2D eigenvalue weighted by molar-refractivity contribution is 9.10. The molecule has 0 fully saturated rings. The van der Waals surface area contributed by atoms with Gasteiger partial charge in [-0.3, -0.25) is 4.79 Å². The van der Waals surface area contributed by atoms with Crippen LogP contribution in [0.25, 0.3) is 0 Å². The van der Waals surface area contributed by atoms with E-state index in [4.69, 9.17) is 4.74 Å². The molecule has 6 nitrogen and oxygen atoms in total. The van der Waals surface area contributed by atoms with Gasteiger partial charge in [-0.2, -0.15) is 0 Å². The Bertz CT molecular complexity index is 908. The lowest BCUT2D eigenvalue weighted by Gasteiger charge is -2.28. The van der Waals surface area contributed by atoms with Crippen LogP contribution in [0.5, 0.6) is 5.75 Å². The van der Waals surface area contributed by atoms with Crippen molar-refractivity contribution in [2.45, 2.75) is 32.7 Å². The smallest absolute Gasteiger partial charge is 0.319 e. The van der Waals surface area contributed by atoms with Gasteiger partial charge in [0.05, 0.1) is 18.2 Å². The third kappa shape index (κ3) is 5.38. The first kappa shape index (κ1) is 20.9. The van der Waals surface area contributed by atoms with Gasteiger partial charge in [0, 0.05) is 15.9 Å². The minimum absolute atomic E-state index is 0.273. The molecule has 3 amide bonds. The number of hydrogen-bond acceptors (Lipinski definition) is 3. The molecular formula is C22H24BrN3O3. The topological polar surface area (TPSA) is 79.5 Å². The number of hydrogen-bond donors (Lipinski definition) is 3. The van der Waals surface area contributed by atoms with Gasteiger partial charge in [0.2, 0.25) is 0 Å². The molecule has 3 rings (SSSR count). The summed E-state index contributed by atoms with van der Waals surface area (Å²) in [5.41, 5.74) is 2.47. The van der Waals surface area contributed by atoms with E-state index in [1.54, 1.807) is 6.92 Å². The first-order valence-electron chi connectivity index (χ1n) is 9.56. The van der Waals surface area contributed by atoms with Crippen molar-refractivity contribution in [1.29, 1.82) is 0 Å². The Morgan fingerprint density at radius 2 is 1.83 bits per heavy atom. The van der Waals surface area contributed by atoms with Crippen molar-refractivity contribution < 1.29 is 14.3 Å². The highest BCUT2D eigenvalue weighted by atomic mass is 79.9. The zero-order chi connectivity index (χ0) is 20.8. The lowest BCUT2D eigenvalue weighted by Crippen LogP contribution is -2.45. The lowest BCUT2D eigenvalue weighted by atomic mass is 9.94. The molecule has 1 aliphatic heterocycles. The molecule has 0 aromatic heterocycles. The van der Waals surface area contributed by atoms with Crippen LogP contribution < -0.4 is 20.7 Å². The van der Waals surface area contributed by atoms with E-state index in [1.165, 1.54) is 0 Å². The average molecular weight is 458 g/mol. The van der Waals surface area contributed by atoms with E-state index in [0.29, 0.717) is 23.6 Å². The van der Waals surface area contributed by atoms with E-state index in [-0.39, 0.29) is 11.9 Å². The molecule has 0 unspecified atom stereocenters. The summed E-state index contributed by atoms with van der Waals surface area (Å²) in [6, 6.07) is 13.9. The summed E-state index contributed by atoms with van der Waals surface area (Å²) in [5.74, 6) is 0.495. The fraction of sp³-hybridized carbons (Fsp3) is 0.273. The predicted molar refractivity (Wildman–Crippen MR) is 117 cm³/mol. The van der Waals surface area contributed by atoms with Crippen LogP contribution in [0.3, 0.4) is 0 Å². The first-order chi connectivity index (χ1) is 14.0. The van der Waals surface area contributed by atoms with Crippen molar-refractivity contribution in [3.63, 3.8) is 0 Å². The number of carbonyl (C=O) groups is 2. The summed E-state index contributed by atoms with van der Waals surface area (Å²) in [6.07, 6.45) is 2.06. The summed E-state index contributed by atoms with van der Waals surface area (Å²) in [7, 11) is 0. The molecule has 152 valence electrons. The summed E-state index contributed by atoms with van der Waals surface area (Å²) in [4.78, 5) is 25.0. The van der Waals surface area contributed by atoms with Gasteiger partial charge >= 0.3 is 6.03 Å². The second-order valence-corrected chi connectivity index (χ2v) is 7.72. The molecule has 2 aromatic carbocycles. The van der Waals surface area contributed by atoms with Crippen molar-refractivity contribution in [3.05, 3.63) is 69.8 Å². The van der Waals surface area contributed by atoms with E-state index in [2.05, 4.69) is 38.8 Å². The van der Waals surface area contributed by atoms with Gasteiger partial charge in [0.25, 0.3) is 5.91 Å². The van der Waals surface area contributed by atoms with Gasteiger partial charge in [0.15, 0.2) is 0 Å². The second-order valence-electron chi connectivity index (χ2n) is 6.80. The number of benzene rings is 2. The molecule has 0 saturated heterocycles. The van der Waals surface area contributed by atoms with Crippen molar-refractivity contribution in [2.75, 3.05) is 11.9 Å². The Balaban J connectivity index is 1.81. The minimum atomic E-state index is -0.552. The van der Waals surface area contributed by atoms with Gasteiger partial charge in [-0.05, 0) is 55.3 Å². The van der Waals surface area contributed by atoms with Gasteiger partial charge in [-0.1, -0.05) is 41.4 Å². The van der Waals surface area contributed by atoms with Crippen LogP contribution in [0.15, 0.2) is 64.3 Å². The van der Waals surface area contributed by atoms with Crippen molar-refractivity contribution in [2.24, 2.45) is 0 Å². The monoisotopic (exact) mass is 457 g/mol. The van der Waals surface area contributed by atoms with Crippen molar-refractivity contribution in [3.8, 4) is 5.75 Å². The molecule has 7 heteroatoms. The van der Waals surface area contributed by atoms with Crippen LogP contribution in [0.2, 0.25) is 0 Å². The maximum absolute atomic E-state index is 13.0. The number of halogens is 1. The van der Waals surface area contributed by atoms with Crippen molar-refractivity contribution in [1.82, 2.24) is 10.6 Å². The Morgan fingerprint density at radius 1 is 1.14 bits per heavy atom. The predicted octanol–water partition coefficient (Wildman–Crippen LogP) is 4.89. The third-order valence-electron chi connectivity index (χ3n) is 4.60. The van der Waals surface area contributed by atoms with Crippen LogP contribution in [0.4, 0.5) is 10.5 Å². The van der Waals surface area contributed by atoms with Crippen LogP contribution >= 0.6 is 15.9 Å². The zero-order valence-electron chi connectivity index (χ0n) is 16.4. The van der Waals surface area contributed by atoms with Gasteiger partial charge in [-0.25, -0.2) is 4.79 Å². The largest absolute Gasteiger partial charge is 0.494 e. The summed E-state index contributed by atoms with van der Waals surface area (Å²) in [6.45, 7) is 4.51. The molecule has 0 spiro atoms.